The van der Waals surface area contributed by atoms with Gasteiger partial charge in [-0.1, -0.05) is 11.6 Å². The van der Waals surface area contributed by atoms with Crippen LogP contribution >= 0.6 is 11.6 Å². The van der Waals surface area contributed by atoms with Crippen molar-refractivity contribution in [2.24, 2.45) is 0 Å². The summed E-state index contributed by atoms with van der Waals surface area (Å²) in [5.41, 5.74) is 0.227. The van der Waals surface area contributed by atoms with E-state index in [4.69, 9.17) is 21.6 Å². The molecule has 0 radical (unpaired) electrons. The molecule has 0 unspecified atom stereocenters. The van der Waals surface area contributed by atoms with Crippen LogP contribution in [0.5, 0.6) is 23.0 Å². The number of hydrogen-bond acceptors (Lipinski definition) is 4. The lowest BCUT2D eigenvalue weighted by atomic mass is 10.2. The predicted molar refractivity (Wildman–Crippen MR) is 71.0 cm³/mol. The first-order valence-electron chi connectivity index (χ1n) is 5.75. The Bertz CT molecular complexity index is 741. The van der Waals surface area contributed by atoms with E-state index in [2.05, 4.69) is 4.74 Å². The summed E-state index contributed by atoms with van der Waals surface area (Å²) in [5, 5.41) is 18.2. The summed E-state index contributed by atoms with van der Waals surface area (Å²) in [6, 6.07) is 8.89. The number of nitrogens with zero attached hydrogens (tertiary/aromatic N) is 1. The SMILES string of the molecule is N#Cc1ccc(Oc2ccc(OC(F)(F)F)cc2Cl)c(O)c1. The molecule has 0 fully saturated rings. The van der Waals surface area contributed by atoms with Crippen molar-refractivity contribution in [3.8, 4) is 29.1 Å². The van der Waals surface area contributed by atoms with E-state index in [1.165, 1.54) is 24.3 Å². The molecular formula is C14H7ClF3NO3. The van der Waals surface area contributed by atoms with Crippen LogP contribution in [-0.2, 0) is 0 Å². The Morgan fingerprint density at radius 2 is 1.77 bits per heavy atom. The molecule has 4 nitrogen and oxygen atoms in total. The van der Waals surface area contributed by atoms with E-state index in [1.54, 1.807) is 0 Å². The Kier molecular flexibility index (Phi) is 4.33. The summed E-state index contributed by atoms with van der Waals surface area (Å²) in [6.07, 6.45) is -4.82. The number of phenols is 1. The van der Waals surface area contributed by atoms with Gasteiger partial charge in [-0.25, -0.2) is 0 Å². The number of ether oxygens (including phenoxy) is 2. The van der Waals surface area contributed by atoms with Gasteiger partial charge in [-0.2, -0.15) is 5.26 Å². The molecule has 114 valence electrons. The van der Waals surface area contributed by atoms with Crippen LogP contribution in [-0.4, -0.2) is 11.5 Å². The van der Waals surface area contributed by atoms with Crippen molar-refractivity contribution in [2.45, 2.75) is 6.36 Å². The van der Waals surface area contributed by atoms with Crippen LogP contribution in [0.4, 0.5) is 13.2 Å². The molecule has 0 bridgehead atoms. The third-order valence-electron chi connectivity index (χ3n) is 2.44. The van der Waals surface area contributed by atoms with Crippen molar-refractivity contribution in [3.05, 3.63) is 47.0 Å². The maximum atomic E-state index is 12.1. The zero-order valence-corrected chi connectivity index (χ0v) is 11.4. The van der Waals surface area contributed by atoms with E-state index < -0.39 is 12.1 Å². The number of alkyl halides is 3. The molecule has 0 heterocycles. The standard InChI is InChI=1S/C14H7ClF3NO3/c15-10-6-9(22-14(16,17)18)2-4-12(10)21-13-3-1-8(7-19)5-11(13)20/h1-6,20H. The maximum absolute atomic E-state index is 12.1. The number of halogens is 4. The molecule has 2 aromatic carbocycles. The molecule has 0 aliphatic rings. The number of phenolic OH excluding ortho intramolecular Hbond substituents is 1. The van der Waals surface area contributed by atoms with Gasteiger partial charge in [-0.15, -0.1) is 13.2 Å². The fraction of sp³-hybridized carbons (Fsp3) is 0.0714. The molecule has 2 rings (SSSR count). The molecular weight excluding hydrogens is 323 g/mol. The summed E-state index contributed by atoms with van der Waals surface area (Å²) < 4.78 is 45.3. The van der Waals surface area contributed by atoms with Crippen LogP contribution in [0.15, 0.2) is 36.4 Å². The fourth-order valence-electron chi connectivity index (χ4n) is 1.55. The lowest BCUT2D eigenvalue weighted by Crippen LogP contribution is -2.17. The van der Waals surface area contributed by atoms with Crippen molar-refractivity contribution < 1.29 is 27.8 Å². The van der Waals surface area contributed by atoms with Crippen LogP contribution in [0, 0.1) is 11.3 Å². The van der Waals surface area contributed by atoms with Crippen LogP contribution in [0.25, 0.3) is 0 Å². The highest BCUT2D eigenvalue weighted by Gasteiger charge is 2.31. The highest BCUT2D eigenvalue weighted by molar-refractivity contribution is 6.32. The fourth-order valence-corrected chi connectivity index (χ4v) is 1.76. The molecule has 2 aromatic rings. The van der Waals surface area contributed by atoms with E-state index >= 15 is 0 Å². The van der Waals surface area contributed by atoms with Gasteiger partial charge < -0.3 is 14.6 Å². The van der Waals surface area contributed by atoms with Gasteiger partial charge in [0.2, 0.25) is 0 Å². The number of nitriles is 1. The van der Waals surface area contributed by atoms with Crippen molar-refractivity contribution in [1.29, 1.82) is 5.26 Å². The van der Waals surface area contributed by atoms with Gasteiger partial charge in [-0.05, 0) is 24.3 Å². The molecule has 0 atom stereocenters. The van der Waals surface area contributed by atoms with Gasteiger partial charge in [0, 0.05) is 12.1 Å². The third-order valence-corrected chi connectivity index (χ3v) is 2.74. The van der Waals surface area contributed by atoms with E-state index in [-0.39, 0.29) is 27.8 Å². The summed E-state index contributed by atoms with van der Waals surface area (Å²) in [5.74, 6) is -0.763. The molecule has 0 aliphatic carbocycles. The van der Waals surface area contributed by atoms with Crippen LogP contribution in [0.1, 0.15) is 5.56 Å². The van der Waals surface area contributed by atoms with E-state index in [9.17, 15) is 18.3 Å². The number of hydrogen-bond donors (Lipinski definition) is 1. The summed E-state index contributed by atoms with van der Waals surface area (Å²) >= 11 is 5.81. The van der Waals surface area contributed by atoms with Gasteiger partial charge >= 0.3 is 6.36 Å². The highest BCUT2D eigenvalue weighted by atomic mass is 35.5. The first kappa shape index (κ1) is 15.8. The molecule has 0 saturated heterocycles. The smallest absolute Gasteiger partial charge is 0.504 e. The zero-order valence-electron chi connectivity index (χ0n) is 10.7. The predicted octanol–water partition coefficient (Wildman–Crippen LogP) is 4.61. The quantitative estimate of drug-likeness (QED) is 0.893. The van der Waals surface area contributed by atoms with Gasteiger partial charge in [-0.3, -0.25) is 0 Å². The Labute approximate surface area is 127 Å². The molecule has 0 saturated carbocycles. The van der Waals surface area contributed by atoms with Crippen LogP contribution < -0.4 is 9.47 Å². The topological polar surface area (TPSA) is 62.5 Å². The van der Waals surface area contributed by atoms with Crippen LogP contribution in [0.2, 0.25) is 5.02 Å². The Morgan fingerprint density at radius 3 is 2.32 bits per heavy atom. The van der Waals surface area contributed by atoms with Crippen molar-refractivity contribution >= 4 is 11.6 Å². The molecule has 22 heavy (non-hydrogen) atoms. The average Bonchev–Trinajstić information content (AvgIpc) is 2.42. The Hall–Kier alpha value is -2.59. The summed E-state index contributed by atoms with van der Waals surface area (Å²) in [4.78, 5) is 0. The van der Waals surface area contributed by atoms with Gasteiger partial charge in [0.25, 0.3) is 0 Å². The van der Waals surface area contributed by atoms with E-state index in [0.717, 1.165) is 12.1 Å². The minimum absolute atomic E-state index is 0.00499. The largest absolute Gasteiger partial charge is 0.573 e. The van der Waals surface area contributed by atoms with Crippen LogP contribution in [0.3, 0.4) is 0 Å². The lowest BCUT2D eigenvalue weighted by molar-refractivity contribution is -0.274. The third kappa shape index (κ3) is 3.96. The number of aromatic hydroxyl groups is 1. The van der Waals surface area contributed by atoms with Gasteiger partial charge in [0.05, 0.1) is 16.7 Å². The molecule has 0 aromatic heterocycles. The molecule has 0 spiro atoms. The van der Waals surface area contributed by atoms with E-state index in [0.29, 0.717) is 0 Å². The minimum atomic E-state index is -4.82. The number of benzene rings is 2. The normalized spacial score (nSPS) is 10.9. The average molecular weight is 330 g/mol. The number of rotatable bonds is 3. The Balaban J connectivity index is 2.22. The second-order valence-electron chi connectivity index (χ2n) is 4.04. The summed E-state index contributed by atoms with van der Waals surface area (Å²) in [6.45, 7) is 0. The van der Waals surface area contributed by atoms with Crippen molar-refractivity contribution in [1.82, 2.24) is 0 Å². The second-order valence-corrected chi connectivity index (χ2v) is 4.44. The van der Waals surface area contributed by atoms with Crippen molar-refractivity contribution in [3.63, 3.8) is 0 Å². The van der Waals surface area contributed by atoms with Gasteiger partial charge in [0.1, 0.15) is 11.5 Å². The lowest BCUT2D eigenvalue weighted by Gasteiger charge is -2.12. The first-order chi connectivity index (χ1) is 10.3. The molecule has 0 aliphatic heterocycles. The zero-order chi connectivity index (χ0) is 16.3. The maximum Gasteiger partial charge on any atom is 0.573 e. The second kappa shape index (κ2) is 6.03. The molecule has 0 amide bonds. The van der Waals surface area contributed by atoms with Crippen molar-refractivity contribution in [2.75, 3.05) is 0 Å². The summed E-state index contributed by atoms with van der Waals surface area (Å²) in [7, 11) is 0. The van der Waals surface area contributed by atoms with E-state index in [1.807, 2.05) is 6.07 Å². The minimum Gasteiger partial charge on any atom is -0.504 e. The molecule has 1 N–H and O–H groups in total. The van der Waals surface area contributed by atoms with Gasteiger partial charge in [0.15, 0.2) is 11.5 Å². The monoisotopic (exact) mass is 329 g/mol. The highest BCUT2D eigenvalue weighted by Crippen LogP contribution is 2.37. The molecule has 8 heteroatoms. The first-order valence-corrected chi connectivity index (χ1v) is 6.12. The Morgan fingerprint density at radius 1 is 1.09 bits per heavy atom.